The molecule has 0 saturated carbocycles. The Hall–Kier alpha value is -0.730. The fourth-order valence-electron chi connectivity index (χ4n) is 1.45. The molecular formula is C11H9BrCl2N2O3S. The van der Waals surface area contributed by atoms with E-state index in [1.807, 2.05) is 0 Å². The fraction of sp³-hybridized carbons (Fsp3) is 0.0909. The fourth-order valence-corrected chi connectivity index (χ4v) is 2.77. The number of nitrogens with two attached hydrogens (primary N) is 1. The molecule has 0 radical (unpaired) electrons. The largest absolute Gasteiger partial charge is 0.446 e. The minimum absolute atomic E-state index is 0.243. The van der Waals surface area contributed by atoms with E-state index in [2.05, 4.69) is 21.2 Å². The summed E-state index contributed by atoms with van der Waals surface area (Å²) in [6.07, 6.45) is 0. The van der Waals surface area contributed by atoms with Crippen molar-refractivity contribution in [3.63, 3.8) is 0 Å². The number of sulfonamides is 1. The van der Waals surface area contributed by atoms with E-state index in [1.54, 1.807) is 12.1 Å². The standard InChI is InChI=1S/C11H9BrCl2N2O3S/c12-7-2-3-8(11(14)10(7)13)16-5-6-1-4-9(19-6)20(15,17)18/h1-4,16H,5H2,(H2,15,17,18). The highest BCUT2D eigenvalue weighted by molar-refractivity contribution is 9.10. The molecule has 0 atom stereocenters. The molecule has 0 bridgehead atoms. The van der Waals surface area contributed by atoms with Gasteiger partial charge in [-0.25, -0.2) is 13.6 Å². The van der Waals surface area contributed by atoms with Gasteiger partial charge in [0.25, 0.3) is 10.0 Å². The topological polar surface area (TPSA) is 85.3 Å². The summed E-state index contributed by atoms with van der Waals surface area (Å²) in [7, 11) is -3.83. The number of rotatable bonds is 4. The number of primary sulfonamides is 1. The maximum atomic E-state index is 11.1. The normalized spacial score (nSPS) is 11.6. The van der Waals surface area contributed by atoms with Crippen molar-refractivity contribution < 1.29 is 12.8 Å². The highest BCUT2D eigenvalue weighted by atomic mass is 79.9. The molecule has 0 saturated heterocycles. The Morgan fingerprint density at radius 3 is 2.50 bits per heavy atom. The molecule has 0 fully saturated rings. The zero-order valence-corrected chi connectivity index (χ0v) is 13.8. The van der Waals surface area contributed by atoms with Crippen LogP contribution in [0.5, 0.6) is 0 Å². The summed E-state index contributed by atoms with van der Waals surface area (Å²) in [5.41, 5.74) is 0.605. The third-order valence-corrected chi connectivity index (χ3v) is 4.96. The lowest BCUT2D eigenvalue weighted by molar-refractivity contribution is 0.419. The first-order valence-corrected chi connectivity index (χ1v) is 8.37. The first-order valence-electron chi connectivity index (χ1n) is 5.28. The van der Waals surface area contributed by atoms with Crippen molar-refractivity contribution in [1.82, 2.24) is 0 Å². The van der Waals surface area contributed by atoms with Crippen molar-refractivity contribution in [2.24, 2.45) is 5.14 Å². The van der Waals surface area contributed by atoms with E-state index < -0.39 is 10.0 Å². The SMILES string of the molecule is NS(=O)(=O)c1ccc(CNc2ccc(Br)c(Cl)c2Cl)o1. The molecule has 1 aromatic heterocycles. The molecule has 2 aromatic rings. The quantitative estimate of drug-likeness (QED) is 0.769. The maximum absolute atomic E-state index is 11.1. The first kappa shape index (κ1) is 15.7. The van der Waals surface area contributed by atoms with Gasteiger partial charge in [-0.3, -0.25) is 0 Å². The molecule has 0 spiro atoms. The Balaban J connectivity index is 2.14. The Labute approximate surface area is 134 Å². The van der Waals surface area contributed by atoms with Crippen molar-refractivity contribution in [1.29, 1.82) is 0 Å². The second-order valence-electron chi connectivity index (χ2n) is 3.84. The summed E-state index contributed by atoms with van der Waals surface area (Å²) in [5.74, 6) is 0.407. The molecule has 0 aliphatic heterocycles. The molecule has 9 heteroatoms. The number of benzene rings is 1. The van der Waals surface area contributed by atoms with Gasteiger partial charge in [0, 0.05) is 4.47 Å². The molecule has 0 amide bonds. The molecule has 0 aliphatic rings. The number of nitrogens with one attached hydrogen (secondary N) is 1. The van der Waals surface area contributed by atoms with Crippen LogP contribution in [0.1, 0.15) is 5.76 Å². The van der Waals surface area contributed by atoms with Gasteiger partial charge in [0.1, 0.15) is 5.76 Å². The molecule has 1 aromatic carbocycles. The van der Waals surface area contributed by atoms with Gasteiger partial charge in [0.15, 0.2) is 0 Å². The number of halogens is 3. The number of hydrogen-bond acceptors (Lipinski definition) is 4. The van der Waals surface area contributed by atoms with Crippen LogP contribution in [-0.4, -0.2) is 8.42 Å². The third kappa shape index (κ3) is 3.48. The molecule has 1 heterocycles. The predicted molar refractivity (Wildman–Crippen MR) is 81.6 cm³/mol. The Morgan fingerprint density at radius 1 is 1.20 bits per heavy atom. The van der Waals surface area contributed by atoms with E-state index in [0.717, 1.165) is 0 Å². The van der Waals surface area contributed by atoms with Gasteiger partial charge in [0.2, 0.25) is 5.09 Å². The summed E-state index contributed by atoms with van der Waals surface area (Å²) in [6.45, 7) is 0.243. The van der Waals surface area contributed by atoms with Gasteiger partial charge < -0.3 is 9.73 Å². The molecule has 0 unspecified atom stereocenters. The van der Waals surface area contributed by atoms with E-state index in [1.165, 1.54) is 12.1 Å². The monoisotopic (exact) mass is 398 g/mol. The molecular weight excluding hydrogens is 391 g/mol. The Morgan fingerprint density at radius 2 is 1.90 bits per heavy atom. The van der Waals surface area contributed by atoms with Crippen LogP contribution in [0.3, 0.4) is 0 Å². The van der Waals surface area contributed by atoms with Crippen molar-refractivity contribution in [2.75, 3.05) is 5.32 Å². The van der Waals surface area contributed by atoms with Gasteiger partial charge in [0.05, 0.1) is 22.3 Å². The average molecular weight is 400 g/mol. The Bertz CT molecular complexity index is 746. The van der Waals surface area contributed by atoms with Gasteiger partial charge in [-0.05, 0) is 40.2 Å². The van der Waals surface area contributed by atoms with Gasteiger partial charge in [-0.15, -0.1) is 0 Å². The Kier molecular flexibility index (Phi) is 4.66. The number of furan rings is 1. The summed E-state index contributed by atoms with van der Waals surface area (Å²) < 4.78 is 27.9. The van der Waals surface area contributed by atoms with Crippen LogP contribution in [0.4, 0.5) is 5.69 Å². The minimum atomic E-state index is -3.83. The van der Waals surface area contributed by atoms with Gasteiger partial charge >= 0.3 is 0 Å². The van der Waals surface area contributed by atoms with E-state index in [-0.39, 0.29) is 11.6 Å². The second-order valence-corrected chi connectivity index (χ2v) is 6.94. The zero-order valence-electron chi connectivity index (χ0n) is 9.86. The molecule has 20 heavy (non-hydrogen) atoms. The summed E-state index contributed by atoms with van der Waals surface area (Å²) in [5, 5.41) is 8.42. The van der Waals surface area contributed by atoms with Crippen molar-refractivity contribution in [2.45, 2.75) is 11.6 Å². The van der Waals surface area contributed by atoms with Crippen LogP contribution < -0.4 is 10.5 Å². The smallest absolute Gasteiger partial charge is 0.271 e. The van der Waals surface area contributed by atoms with Crippen LogP contribution >= 0.6 is 39.1 Å². The minimum Gasteiger partial charge on any atom is -0.446 e. The van der Waals surface area contributed by atoms with Crippen LogP contribution in [0.15, 0.2) is 38.2 Å². The van der Waals surface area contributed by atoms with Crippen molar-refractivity contribution in [3.8, 4) is 0 Å². The van der Waals surface area contributed by atoms with E-state index in [0.29, 0.717) is 26.0 Å². The third-order valence-electron chi connectivity index (χ3n) is 2.41. The second kappa shape index (κ2) is 5.95. The molecule has 3 N–H and O–H groups in total. The zero-order chi connectivity index (χ0) is 14.9. The molecule has 0 aliphatic carbocycles. The van der Waals surface area contributed by atoms with E-state index >= 15 is 0 Å². The summed E-state index contributed by atoms with van der Waals surface area (Å²) >= 11 is 15.3. The average Bonchev–Trinajstić information content (AvgIpc) is 2.84. The lowest BCUT2D eigenvalue weighted by Gasteiger charge is -2.09. The van der Waals surface area contributed by atoms with Gasteiger partial charge in [-0.2, -0.15) is 0 Å². The number of anilines is 1. The summed E-state index contributed by atoms with van der Waals surface area (Å²) in [4.78, 5) is 0. The van der Waals surface area contributed by atoms with Crippen molar-refractivity contribution >= 4 is 54.8 Å². The van der Waals surface area contributed by atoms with E-state index in [4.69, 9.17) is 32.8 Å². The summed E-state index contributed by atoms with van der Waals surface area (Å²) in [6, 6.07) is 6.29. The van der Waals surface area contributed by atoms with Crippen LogP contribution in [-0.2, 0) is 16.6 Å². The predicted octanol–water partition coefficient (Wildman–Crippen LogP) is 3.61. The molecule has 5 nitrogen and oxygen atoms in total. The van der Waals surface area contributed by atoms with Crippen LogP contribution in [0.2, 0.25) is 10.0 Å². The lowest BCUT2D eigenvalue weighted by Crippen LogP contribution is -2.10. The lowest BCUT2D eigenvalue weighted by atomic mass is 10.3. The highest BCUT2D eigenvalue weighted by Gasteiger charge is 2.14. The molecule has 108 valence electrons. The number of hydrogen-bond donors (Lipinski definition) is 2. The van der Waals surface area contributed by atoms with Crippen LogP contribution in [0, 0.1) is 0 Å². The van der Waals surface area contributed by atoms with Gasteiger partial charge in [-0.1, -0.05) is 23.2 Å². The molecule has 2 rings (SSSR count). The van der Waals surface area contributed by atoms with Crippen molar-refractivity contribution in [3.05, 3.63) is 44.5 Å². The first-order chi connectivity index (χ1) is 9.29. The van der Waals surface area contributed by atoms with E-state index in [9.17, 15) is 8.42 Å². The highest BCUT2D eigenvalue weighted by Crippen LogP contribution is 2.36. The van der Waals surface area contributed by atoms with Crippen LogP contribution in [0.25, 0.3) is 0 Å². The maximum Gasteiger partial charge on any atom is 0.271 e.